The summed E-state index contributed by atoms with van der Waals surface area (Å²) in [5.74, 6) is 0. The van der Waals surface area contributed by atoms with Crippen molar-refractivity contribution in [1.29, 1.82) is 0 Å². The Labute approximate surface area is 123 Å². The maximum absolute atomic E-state index is 4.06. The number of anilines is 2. The van der Waals surface area contributed by atoms with E-state index in [1.807, 2.05) is 12.1 Å². The number of pyridine rings is 1. The minimum absolute atomic E-state index is 1.05. The normalized spacial score (nSPS) is 10.9. The zero-order valence-corrected chi connectivity index (χ0v) is 11.5. The van der Waals surface area contributed by atoms with E-state index in [1.54, 1.807) is 12.4 Å². The van der Waals surface area contributed by atoms with Gasteiger partial charge in [0.25, 0.3) is 0 Å². The summed E-state index contributed by atoms with van der Waals surface area (Å²) in [7, 11) is 0. The molecule has 1 N–H and O–H groups in total. The van der Waals surface area contributed by atoms with Crippen LogP contribution >= 0.6 is 0 Å². The molecule has 0 amide bonds. The lowest BCUT2D eigenvalue weighted by Gasteiger charge is -2.12. The number of nitrogens with one attached hydrogen (secondary N) is 1. The van der Waals surface area contributed by atoms with Crippen molar-refractivity contribution in [2.45, 2.75) is 0 Å². The van der Waals surface area contributed by atoms with E-state index >= 15 is 0 Å². The molecule has 4 rings (SSSR count). The molecule has 0 unspecified atom stereocenters. The summed E-state index contributed by atoms with van der Waals surface area (Å²) in [5, 5.41) is 8.53. The van der Waals surface area contributed by atoms with Gasteiger partial charge in [0.1, 0.15) is 0 Å². The lowest BCUT2D eigenvalue weighted by Crippen LogP contribution is -1.92. The molecule has 0 atom stereocenters. The van der Waals surface area contributed by atoms with Crippen molar-refractivity contribution in [3.05, 3.63) is 79.1 Å². The first kappa shape index (κ1) is 11.9. The molecule has 0 aliphatic rings. The largest absolute Gasteiger partial charge is 0.355 e. The molecule has 0 radical (unpaired) electrons. The fourth-order valence-electron chi connectivity index (χ4n) is 2.75. The second-order valence-electron chi connectivity index (χ2n) is 5.05. The Morgan fingerprint density at radius 2 is 1.33 bits per heavy atom. The molecule has 4 aromatic rings. The van der Waals surface area contributed by atoms with Gasteiger partial charge in [-0.15, -0.1) is 0 Å². The molecule has 0 aliphatic heterocycles. The second kappa shape index (κ2) is 4.91. The summed E-state index contributed by atoms with van der Waals surface area (Å²) >= 11 is 0. The van der Waals surface area contributed by atoms with E-state index in [1.165, 1.54) is 21.5 Å². The lowest BCUT2D eigenvalue weighted by atomic mass is 10.0. The first-order chi connectivity index (χ1) is 10.4. The van der Waals surface area contributed by atoms with Crippen molar-refractivity contribution in [2.24, 2.45) is 0 Å². The highest BCUT2D eigenvalue weighted by atomic mass is 14.9. The van der Waals surface area contributed by atoms with E-state index in [4.69, 9.17) is 0 Å². The van der Waals surface area contributed by atoms with Gasteiger partial charge in [-0.25, -0.2) is 0 Å². The van der Waals surface area contributed by atoms with Crippen molar-refractivity contribution in [2.75, 3.05) is 5.32 Å². The van der Waals surface area contributed by atoms with Gasteiger partial charge in [0.2, 0.25) is 0 Å². The van der Waals surface area contributed by atoms with Crippen molar-refractivity contribution in [1.82, 2.24) is 4.98 Å². The van der Waals surface area contributed by atoms with Crippen LogP contribution in [-0.4, -0.2) is 4.98 Å². The lowest BCUT2D eigenvalue weighted by molar-refractivity contribution is 1.33. The van der Waals surface area contributed by atoms with E-state index in [-0.39, 0.29) is 0 Å². The molecule has 0 saturated carbocycles. The molecule has 1 heterocycles. The van der Waals surface area contributed by atoms with Crippen LogP contribution in [0.2, 0.25) is 0 Å². The smallest absolute Gasteiger partial charge is 0.0470 e. The van der Waals surface area contributed by atoms with Gasteiger partial charge in [-0.3, -0.25) is 4.98 Å². The fraction of sp³-hybridized carbons (Fsp3) is 0. The van der Waals surface area contributed by atoms with Crippen LogP contribution in [0.4, 0.5) is 11.4 Å². The van der Waals surface area contributed by atoms with Crippen molar-refractivity contribution >= 4 is 32.9 Å². The van der Waals surface area contributed by atoms with E-state index in [0.717, 1.165) is 11.4 Å². The Balaban J connectivity index is 1.98. The van der Waals surface area contributed by atoms with Crippen LogP contribution in [0.3, 0.4) is 0 Å². The van der Waals surface area contributed by atoms with Crippen LogP contribution in [0, 0.1) is 0 Å². The molecule has 0 fully saturated rings. The molecule has 0 saturated heterocycles. The summed E-state index contributed by atoms with van der Waals surface area (Å²) < 4.78 is 0. The van der Waals surface area contributed by atoms with Gasteiger partial charge >= 0.3 is 0 Å². The number of nitrogens with zero attached hydrogens (tertiary/aromatic N) is 1. The third-order valence-corrected chi connectivity index (χ3v) is 3.73. The monoisotopic (exact) mass is 270 g/mol. The van der Waals surface area contributed by atoms with Crippen LogP contribution in [0.5, 0.6) is 0 Å². The van der Waals surface area contributed by atoms with Crippen molar-refractivity contribution < 1.29 is 0 Å². The fourth-order valence-corrected chi connectivity index (χ4v) is 2.75. The molecule has 1 aromatic heterocycles. The van der Waals surface area contributed by atoms with E-state index < -0.39 is 0 Å². The van der Waals surface area contributed by atoms with Gasteiger partial charge in [0, 0.05) is 29.2 Å². The van der Waals surface area contributed by atoms with Gasteiger partial charge in [-0.05, 0) is 34.4 Å². The molecule has 100 valence electrons. The van der Waals surface area contributed by atoms with Crippen molar-refractivity contribution in [3.8, 4) is 0 Å². The molecule has 21 heavy (non-hydrogen) atoms. The minimum Gasteiger partial charge on any atom is -0.355 e. The van der Waals surface area contributed by atoms with Crippen LogP contribution in [0.15, 0.2) is 79.1 Å². The predicted octanol–water partition coefficient (Wildman–Crippen LogP) is 5.13. The van der Waals surface area contributed by atoms with Crippen LogP contribution in [-0.2, 0) is 0 Å². The maximum atomic E-state index is 4.06. The highest BCUT2D eigenvalue weighted by Crippen LogP contribution is 2.33. The Bertz CT molecular complexity index is 914. The summed E-state index contributed by atoms with van der Waals surface area (Å²) in [6.45, 7) is 0. The number of rotatable bonds is 2. The molecule has 3 aromatic carbocycles. The van der Waals surface area contributed by atoms with E-state index in [0.29, 0.717) is 0 Å². The Morgan fingerprint density at radius 3 is 2.14 bits per heavy atom. The van der Waals surface area contributed by atoms with Crippen LogP contribution < -0.4 is 5.32 Å². The third kappa shape index (κ3) is 2.11. The molecule has 0 aliphatic carbocycles. The molecule has 0 spiro atoms. The number of aromatic nitrogens is 1. The highest BCUT2D eigenvalue weighted by Gasteiger charge is 2.06. The summed E-state index contributed by atoms with van der Waals surface area (Å²) in [5.41, 5.74) is 2.17. The standard InChI is InChI=1S/C19H14N2/c1-2-6-16-14(5-1)13-19(18-8-4-3-7-17(16)18)21-15-9-11-20-12-10-15/h1-13H,(H,20,21). The van der Waals surface area contributed by atoms with Gasteiger partial charge < -0.3 is 5.32 Å². The number of hydrogen-bond donors (Lipinski definition) is 1. The maximum Gasteiger partial charge on any atom is 0.0470 e. The van der Waals surface area contributed by atoms with Gasteiger partial charge in [-0.1, -0.05) is 48.5 Å². The number of fused-ring (bicyclic) bond motifs is 3. The molecule has 0 bridgehead atoms. The number of hydrogen-bond acceptors (Lipinski definition) is 2. The van der Waals surface area contributed by atoms with Crippen molar-refractivity contribution in [3.63, 3.8) is 0 Å². The molecular formula is C19H14N2. The van der Waals surface area contributed by atoms with Crippen LogP contribution in [0.25, 0.3) is 21.5 Å². The highest BCUT2D eigenvalue weighted by molar-refractivity contribution is 6.13. The number of benzene rings is 3. The van der Waals surface area contributed by atoms with E-state index in [9.17, 15) is 0 Å². The quantitative estimate of drug-likeness (QED) is 0.511. The topological polar surface area (TPSA) is 24.9 Å². The summed E-state index contributed by atoms with van der Waals surface area (Å²) in [6.07, 6.45) is 3.59. The minimum atomic E-state index is 1.05. The molecular weight excluding hydrogens is 256 g/mol. The summed E-state index contributed by atoms with van der Waals surface area (Å²) in [4.78, 5) is 4.06. The summed E-state index contributed by atoms with van der Waals surface area (Å²) in [6, 6.07) is 23.2. The van der Waals surface area contributed by atoms with Crippen LogP contribution in [0.1, 0.15) is 0 Å². The van der Waals surface area contributed by atoms with Gasteiger partial charge in [0.15, 0.2) is 0 Å². The zero-order valence-electron chi connectivity index (χ0n) is 11.5. The van der Waals surface area contributed by atoms with E-state index in [2.05, 4.69) is 64.9 Å². The average Bonchev–Trinajstić information content (AvgIpc) is 2.56. The first-order valence-corrected chi connectivity index (χ1v) is 6.99. The average molecular weight is 270 g/mol. The predicted molar refractivity (Wildman–Crippen MR) is 89.0 cm³/mol. The molecule has 2 heteroatoms. The Morgan fingerprint density at radius 1 is 0.667 bits per heavy atom. The third-order valence-electron chi connectivity index (χ3n) is 3.73. The first-order valence-electron chi connectivity index (χ1n) is 6.99. The zero-order chi connectivity index (χ0) is 14.1. The SMILES string of the molecule is c1ccc2c(c1)cc(Nc1ccncc1)c1ccccc12. The second-order valence-corrected chi connectivity index (χ2v) is 5.05. The Hall–Kier alpha value is -2.87. The Kier molecular flexibility index (Phi) is 2.79. The molecule has 2 nitrogen and oxygen atoms in total. The van der Waals surface area contributed by atoms with Gasteiger partial charge in [0.05, 0.1) is 0 Å². The van der Waals surface area contributed by atoms with Gasteiger partial charge in [-0.2, -0.15) is 0 Å².